The average molecular weight is 540 g/mol. The first-order valence-corrected chi connectivity index (χ1v) is 10.7. The van der Waals surface area contributed by atoms with E-state index >= 15 is 0 Å². The van der Waals surface area contributed by atoms with Gasteiger partial charge in [-0.2, -0.15) is 0 Å². The number of amides is 1. The molecule has 1 aliphatic heterocycles. The van der Waals surface area contributed by atoms with E-state index in [1.54, 1.807) is 44.5 Å². The monoisotopic (exact) mass is 538 g/mol. The number of nitrogens with zero attached hydrogens (tertiary/aromatic N) is 2. The molecule has 0 saturated carbocycles. The zero-order chi connectivity index (χ0) is 21.1. The standard InChI is InChI=1S/C20H16Br2N2O4S/c1-24-18(25)16(9-12-8-13(21)10-15(22)17(12)27-2)29-20(24)23-14-6-4-11(5-7-14)19(26)28-3/h4-10H,1-3H3. The smallest absolute Gasteiger partial charge is 0.337 e. The Balaban J connectivity index is 1.91. The fourth-order valence-corrected chi connectivity index (χ4v) is 4.99. The molecule has 9 heteroatoms. The summed E-state index contributed by atoms with van der Waals surface area (Å²) in [6, 6.07) is 10.4. The summed E-state index contributed by atoms with van der Waals surface area (Å²) in [5, 5.41) is 0.542. The Morgan fingerprint density at radius 3 is 2.48 bits per heavy atom. The molecule has 1 amide bonds. The van der Waals surface area contributed by atoms with Gasteiger partial charge in [-0.25, -0.2) is 9.79 Å². The highest BCUT2D eigenvalue weighted by molar-refractivity contribution is 9.11. The van der Waals surface area contributed by atoms with Crippen LogP contribution in [0.5, 0.6) is 5.75 Å². The van der Waals surface area contributed by atoms with Gasteiger partial charge < -0.3 is 9.47 Å². The van der Waals surface area contributed by atoms with E-state index in [4.69, 9.17) is 9.47 Å². The van der Waals surface area contributed by atoms with Gasteiger partial charge in [0.15, 0.2) is 5.17 Å². The van der Waals surface area contributed by atoms with Crippen LogP contribution in [-0.4, -0.2) is 43.2 Å². The van der Waals surface area contributed by atoms with Crippen molar-refractivity contribution in [2.45, 2.75) is 0 Å². The fourth-order valence-electron chi connectivity index (χ4n) is 2.60. The van der Waals surface area contributed by atoms with Gasteiger partial charge in [-0.3, -0.25) is 9.69 Å². The number of methoxy groups -OCH3 is 2. The minimum absolute atomic E-state index is 0.155. The van der Waals surface area contributed by atoms with E-state index in [0.29, 0.717) is 27.1 Å². The molecule has 150 valence electrons. The van der Waals surface area contributed by atoms with Crippen LogP contribution in [0.2, 0.25) is 0 Å². The number of ether oxygens (including phenoxy) is 2. The highest BCUT2D eigenvalue weighted by Crippen LogP contribution is 2.38. The molecule has 0 aliphatic carbocycles. The van der Waals surface area contributed by atoms with Crippen LogP contribution in [0.25, 0.3) is 6.08 Å². The zero-order valence-electron chi connectivity index (χ0n) is 15.7. The maximum absolute atomic E-state index is 12.7. The number of thioether (sulfide) groups is 1. The molecular formula is C20H16Br2N2O4S. The van der Waals surface area contributed by atoms with Crippen molar-refractivity contribution in [1.29, 1.82) is 0 Å². The third-order valence-electron chi connectivity index (χ3n) is 4.04. The van der Waals surface area contributed by atoms with Crippen molar-refractivity contribution in [2.24, 2.45) is 4.99 Å². The van der Waals surface area contributed by atoms with Gasteiger partial charge in [0.2, 0.25) is 0 Å². The lowest BCUT2D eigenvalue weighted by molar-refractivity contribution is -0.121. The first kappa shape index (κ1) is 21.6. The SMILES string of the molecule is COC(=O)c1ccc(N=C2SC(=Cc3cc(Br)cc(Br)c3OC)C(=O)N2C)cc1. The number of aliphatic imine (C=N–C) groups is 1. The van der Waals surface area contributed by atoms with Crippen molar-refractivity contribution in [3.8, 4) is 5.75 Å². The molecule has 0 N–H and O–H groups in total. The van der Waals surface area contributed by atoms with Crippen molar-refractivity contribution in [2.75, 3.05) is 21.3 Å². The lowest BCUT2D eigenvalue weighted by Gasteiger charge is -2.09. The van der Waals surface area contributed by atoms with Gasteiger partial charge in [-0.15, -0.1) is 0 Å². The number of benzene rings is 2. The maximum Gasteiger partial charge on any atom is 0.337 e. The molecule has 0 unspecified atom stereocenters. The van der Waals surface area contributed by atoms with Crippen LogP contribution >= 0.6 is 43.6 Å². The van der Waals surface area contributed by atoms with Crippen LogP contribution in [-0.2, 0) is 9.53 Å². The van der Waals surface area contributed by atoms with E-state index in [1.807, 2.05) is 12.1 Å². The first-order valence-electron chi connectivity index (χ1n) is 8.31. The molecule has 0 aromatic heterocycles. The van der Waals surface area contributed by atoms with Crippen LogP contribution in [0.4, 0.5) is 5.69 Å². The summed E-state index contributed by atoms with van der Waals surface area (Å²) in [5.41, 5.74) is 1.83. The average Bonchev–Trinajstić information content (AvgIpc) is 2.95. The summed E-state index contributed by atoms with van der Waals surface area (Å²) >= 11 is 8.20. The minimum Gasteiger partial charge on any atom is -0.495 e. The number of rotatable bonds is 4. The number of amidine groups is 1. The molecule has 6 nitrogen and oxygen atoms in total. The van der Waals surface area contributed by atoms with E-state index in [-0.39, 0.29) is 5.91 Å². The van der Waals surface area contributed by atoms with Crippen LogP contribution in [0, 0.1) is 0 Å². The summed E-state index contributed by atoms with van der Waals surface area (Å²) in [6.45, 7) is 0. The fraction of sp³-hybridized carbons (Fsp3) is 0.150. The van der Waals surface area contributed by atoms with Crippen LogP contribution in [0.3, 0.4) is 0 Å². The van der Waals surface area contributed by atoms with Crippen LogP contribution in [0.15, 0.2) is 55.2 Å². The Morgan fingerprint density at radius 2 is 1.86 bits per heavy atom. The Morgan fingerprint density at radius 1 is 1.17 bits per heavy atom. The second-order valence-corrected chi connectivity index (χ2v) is 8.70. The molecule has 0 spiro atoms. The molecule has 1 fully saturated rings. The zero-order valence-corrected chi connectivity index (χ0v) is 19.7. The Bertz CT molecular complexity index is 1040. The van der Waals surface area contributed by atoms with Crippen molar-refractivity contribution in [3.05, 3.63) is 61.4 Å². The lowest BCUT2D eigenvalue weighted by Crippen LogP contribution is -2.23. The third-order valence-corrected chi connectivity index (χ3v) is 6.15. The quantitative estimate of drug-likeness (QED) is 0.392. The van der Waals surface area contributed by atoms with Gasteiger partial charge >= 0.3 is 5.97 Å². The normalized spacial score (nSPS) is 16.6. The minimum atomic E-state index is -0.411. The Labute approximate surface area is 189 Å². The van der Waals surface area contributed by atoms with Gasteiger partial charge in [0.1, 0.15) is 5.75 Å². The summed E-state index contributed by atoms with van der Waals surface area (Å²) in [4.78, 5) is 30.8. The van der Waals surface area contributed by atoms with Crippen LogP contribution < -0.4 is 4.74 Å². The molecular weight excluding hydrogens is 524 g/mol. The van der Waals surface area contributed by atoms with Crippen molar-refractivity contribution in [1.82, 2.24) is 4.90 Å². The largest absolute Gasteiger partial charge is 0.495 e. The van der Waals surface area contributed by atoms with Crippen molar-refractivity contribution >= 4 is 72.4 Å². The van der Waals surface area contributed by atoms with Gasteiger partial charge in [-0.05, 0) is 70.2 Å². The molecule has 2 aromatic rings. The molecule has 1 saturated heterocycles. The number of halogens is 2. The number of likely N-dealkylation sites (N-methyl/N-ethyl adjacent to an activating group) is 1. The second kappa shape index (κ2) is 9.15. The topological polar surface area (TPSA) is 68.2 Å². The third kappa shape index (κ3) is 4.73. The van der Waals surface area contributed by atoms with E-state index in [1.165, 1.54) is 23.8 Å². The summed E-state index contributed by atoms with van der Waals surface area (Å²) in [7, 11) is 4.58. The van der Waals surface area contributed by atoms with Crippen molar-refractivity contribution in [3.63, 3.8) is 0 Å². The Kier molecular flexibility index (Phi) is 6.81. The Hall–Kier alpha value is -2.10. The van der Waals surface area contributed by atoms with Gasteiger partial charge in [0, 0.05) is 17.1 Å². The number of hydrogen-bond acceptors (Lipinski definition) is 6. The summed E-state index contributed by atoms with van der Waals surface area (Å²) < 4.78 is 11.8. The van der Waals surface area contributed by atoms with E-state index in [0.717, 1.165) is 14.5 Å². The van der Waals surface area contributed by atoms with Gasteiger partial charge in [0.25, 0.3) is 5.91 Å². The second-order valence-electron chi connectivity index (χ2n) is 5.92. The molecule has 0 radical (unpaired) electrons. The highest BCUT2D eigenvalue weighted by atomic mass is 79.9. The molecule has 0 bridgehead atoms. The highest BCUT2D eigenvalue weighted by Gasteiger charge is 2.30. The molecule has 1 heterocycles. The van der Waals surface area contributed by atoms with Gasteiger partial charge in [0.05, 0.1) is 34.8 Å². The number of carbonyl (C=O) groups is 2. The van der Waals surface area contributed by atoms with Gasteiger partial charge in [-0.1, -0.05) is 15.9 Å². The van der Waals surface area contributed by atoms with Crippen LogP contribution in [0.1, 0.15) is 15.9 Å². The predicted molar refractivity (Wildman–Crippen MR) is 122 cm³/mol. The van der Waals surface area contributed by atoms with Crippen molar-refractivity contribution < 1.29 is 19.1 Å². The van der Waals surface area contributed by atoms with E-state index < -0.39 is 5.97 Å². The lowest BCUT2D eigenvalue weighted by atomic mass is 10.2. The molecule has 2 aromatic carbocycles. The first-order chi connectivity index (χ1) is 13.8. The molecule has 29 heavy (non-hydrogen) atoms. The number of carbonyl (C=O) groups excluding carboxylic acids is 2. The number of esters is 1. The van der Waals surface area contributed by atoms with E-state index in [2.05, 4.69) is 36.9 Å². The molecule has 0 atom stereocenters. The number of hydrogen-bond donors (Lipinski definition) is 0. The summed E-state index contributed by atoms with van der Waals surface area (Å²) in [6.07, 6.45) is 1.78. The maximum atomic E-state index is 12.7. The summed E-state index contributed by atoms with van der Waals surface area (Å²) in [5.74, 6) is 0.0738. The molecule has 3 rings (SSSR count). The molecule has 1 aliphatic rings. The predicted octanol–water partition coefficient (Wildman–Crippen LogP) is 5.24. The van der Waals surface area contributed by atoms with E-state index in [9.17, 15) is 9.59 Å².